The third-order valence-corrected chi connectivity index (χ3v) is 3.39. The van der Waals surface area contributed by atoms with Crippen LogP contribution in [-0.4, -0.2) is 44.2 Å². The predicted molar refractivity (Wildman–Crippen MR) is 73.2 cm³/mol. The number of aromatic amines is 1. The molecule has 2 aromatic heterocycles. The van der Waals surface area contributed by atoms with Crippen molar-refractivity contribution in [1.82, 2.24) is 19.9 Å². The van der Waals surface area contributed by atoms with E-state index in [0.717, 1.165) is 35.8 Å². The Morgan fingerprint density at radius 3 is 2.79 bits per heavy atom. The smallest absolute Gasteiger partial charge is 0.163 e. The van der Waals surface area contributed by atoms with E-state index in [-0.39, 0.29) is 11.5 Å². The normalized spacial score (nSPS) is 20.4. The predicted octanol–water partition coefficient (Wildman–Crippen LogP) is 1.22. The van der Waals surface area contributed by atoms with E-state index in [2.05, 4.69) is 45.6 Å². The van der Waals surface area contributed by atoms with Crippen molar-refractivity contribution in [3.05, 3.63) is 12.2 Å². The summed E-state index contributed by atoms with van der Waals surface area (Å²) in [6.07, 6.45) is 2.14. The molecule has 2 aromatic rings. The molecule has 0 aromatic carbocycles. The zero-order chi connectivity index (χ0) is 13.6. The van der Waals surface area contributed by atoms with Gasteiger partial charge in [-0.1, -0.05) is 20.8 Å². The van der Waals surface area contributed by atoms with Crippen LogP contribution in [0.2, 0.25) is 0 Å². The van der Waals surface area contributed by atoms with Crippen LogP contribution in [0.25, 0.3) is 11.2 Å². The SMILES string of the molecule is CC(C)(C)c1nc(N2CCC(O)C2)c2nc[nH]c2n1. The van der Waals surface area contributed by atoms with Gasteiger partial charge in [-0.05, 0) is 6.42 Å². The highest BCUT2D eigenvalue weighted by atomic mass is 16.3. The lowest BCUT2D eigenvalue weighted by Crippen LogP contribution is -2.25. The summed E-state index contributed by atoms with van der Waals surface area (Å²) in [5, 5.41) is 9.70. The second-order valence-corrected chi connectivity index (χ2v) is 6.11. The van der Waals surface area contributed by atoms with Gasteiger partial charge in [0.25, 0.3) is 0 Å². The maximum absolute atomic E-state index is 9.70. The lowest BCUT2D eigenvalue weighted by molar-refractivity contribution is 0.198. The third-order valence-electron chi connectivity index (χ3n) is 3.39. The lowest BCUT2D eigenvalue weighted by atomic mass is 9.96. The van der Waals surface area contributed by atoms with Gasteiger partial charge in [-0.25, -0.2) is 15.0 Å². The second kappa shape index (κ2) is 4.16. The van der Waals surface area contributed by atoms with Crippen LogP contribution in [0.15, 0.2) is 6.33 Å². The minimum atomic E-state index is -0.276. The molecule has 0 radical (unpaired) electrons. The molecule has 0 spiro atoms. The average Bonchev–Trinajstić information content (AvgIpc) is 2.94. The van der Waals surface area contributed by atoms with E-state index in [0.29, 0.717) is 6.54 Å². The molecule has 0 aliphatic carbocycles. The Morgan fingerprint density at radius 1 is 1.37 bits per heavy atom. The standard InChI is InChI=1S/C13H19N5O/c1-13(2,3)12-16-10-9(14-7-15-10)11(17-12)18-5-4-8(19)6-18/h7-8,19H,4-6H2,1-3H3,(H,14,15,16,17). The number of nitrogens with zero attached hydrogens (tertiary/aromatic N) is 4. The van der Waals surface area contributed by atoms with Crippen molar-refractivity contribution in [2.75, 3.05) is 18.0 Å². The first-order valence-electron chi connectivity index (χ1n) is 6.60. The molecule has 1 aliphatic heterocycles. The number of aliphatic hydroxyl groups excluding tert-OH is 1. The van der Waals surface area contributed by atoms with Crippen molar-refractivity contribution >= 4 is 17.0 Å². The molecule has 1 fully saturated rings. The Bertz CT molecular complexity index is 601. The molecule has 19 heavy (non-hydrogen) atoms. The molecule has 1 atom stereocenters. The highest BCUT2D eigenvalue weighted by Gasteiger charge is 2.27. The number of rotatable bonds is 1. The molecule has 2 N–H and O–H groups in total. The summed E-state index contributed by atoms with van der Waals surface area (Å²) in [7, 11) is 0. The van der Waals surface area contributed by atoms with Crippen molar-refractivity contribution < 1.29 is 5.11 Å². The van der Waals surface area contributed by atoms with Gasteiger partial charge in [-0.3, -0.25) is 0 Å². The summed E-state index contributed by atoms with van der Waals surface area (Å²) >= 11 is 0. The summed E-state index contributed by atoms with van der Waals surface area (Å²) in [5.41, 5.74) is 1.42. The van der Waals surface area contributed by atoms with Gasteiger partial charge in [0.05, 0.1) is 12.4 Å². The Labute approximate surface area is 111 Å². The van der Waals surface area contributed by atoms with E-state index < -0.39 is 0 Å². The zero-order valence-electron chi connectivity index (χ0n) is 11.5. The van der Waals surface area contributed by atoms with Crippen LogP contribution in [0.1, 0.15) is 33.0 Å². The highest BCUT2D eigenvalue weighted by molar-refractivity contribution is 5.83. The van der Waals surface area contributed by atoms with Gasteiger partial charge < -0.3 is 15.0 Å². The van der Waals surface area contributed by atoms with Crippen LogP contribution in [0.3, 0.4) is 0 Å². The van der Waals surface area contributed by atoms with E-state index in [4.69, 9.17) is 0 Å². The molecule has 6 heteroatoms. The van der Waals surface area contributed by atoms with Gasteiger partial charge in [-0.15, -0.1) is 0 Å². The van der Waals surface area contributed by atoms with Gasteiger partial charge in [0.15, 0.2) is 11.5 Å². The van der Waals surface area contributed by atoms with Crippen LogP contribution in [-0.2, 0) is 5.41 Å². The Morgan fingerprint density at radius 2 is 2.16 bits per heavy atom. The third kappa shape index (κ3) is 2.16. The molecule has 3 rings (SSSR count). The van der Waals surface area contributed by atoms with Gasteiger partial charge in [-0.2, -0.15) is 0 Å². The Hall–Kier alpha value is -1.69. The number of imidazole rings is 1. The van der Waals surface area contributed by atoms with Crippen LogP contribution in [0.5, 0.6) is 0 Å². The number of aliphatic hydroxyl groups is 1. The monoisotopic (exact) mass is 261 g/mol. The number of hydrogen-bond acceptors (Lipinski definition) is 5. The first-order chi connectivity index (χ1) is 8.95. The van der Waals surface area contributed by atoms with Crippen LogP contribution in [0, 0.1) is 0 Å². The topological polar surface area (TPSA) is 77.9 Å². The lowest BCUT2D eigenvalue weighted by Gasteiger charge is -2.21. The van der Waals surface area contributed by atoms with Crippen LogP contribution in [0.4, 0.5) is 5.82 Å². The number of hydrogen-bond donors (Lipinski definition) is 2. The fourth-order valence-electron chi connectivity index (χ4n) is 2.31. The molecule has 0 bridgehead atoms. The van der Waals surface area contributed by atoms with E-state index in [1.807, 2.05) is 0 Å². The second-order valence-electron chi connectivity index (χ2n) is 6.11. The van der Waals surface area contributed by atoms with E-state index in [1.165, 1.54) is 0 Å². The maximum Gasteiger partial charge on any atom is 0.163 e. The molecule has 1 saturated heterocycles. The van der Waals surface area contributed by atoms with Gasteiger partial charge in [0.2, 0.25) is 0 Å². The number of anilines is 1. The van der Waals surface area contributed by atoms with E-state index >= 15 is 0 Å². The van der Waals surface area contributed by atoms with E-state index in [1.54, 1.807) is 6.33 Å². The molecule has 0 saturated carbocycles. The summed E-state index contributed by atoms with van der Waals surface area (Å²) in [4.78, 5) is 18.7. The Kier molecular flexibility index (Phi) is 2.70. The first-order valence-corrected chi connectivity index (χ1v) is 6.60. The van der Waals surface area contributed by atoms with Crippen molar-refractivity contribution in [2.45, 2.75) is 38.7 Å². The molecular weight excluding hydrogens is 242 g/mol. The van der Waals surface area contributed by atoms with Crippen LogP contribution < -0.4 is 4.90 Å². The molecule has 3 heterocycles. The summed E-state index contributed by atoms with van der Waals surface area (Å²) in [6, 6.07) is 0. The fourth-order valence-corrected chi connectivity index (χ4v) is 2.31. The van der Waals surface area contributed by atoms with E-state index in [9.17, 15) is 5.11 Å². The number of aromatic nitrogens is 4. The van der Waals surface area contributed by atoms with Crippen LogP contribution >= 0.6 is 0 Å². The molecule has 1 aliphatic rings. The van der Waals surface area contributed by atoms with Crippen molar-refractivity contribution in [3.63, 3.8) is 0 Å². The number of fused-ring (bicyclic) bond motifs is 1. The average molecular weight is 261 g/mol. The Balaban J connectivity index is 2.13. The molecule has 0 amide bonds. The number of H-pyrrole nitrogens is 1. The summed E-state index contributed by atoms with van der Waals surface area (Å²) in [5.74, 6) is 1.62. The summed E-state index contributed by atoms with van der Waals surface area (Å²) < 4.78 is 0. The largest absolute Gasteiger partial charge is 0.391 e. The van der Waals surface area contributed by atoms with Crippen molar-refractivity contribution in [2.24, 2.45) is 0 Å². The molecular formula is C13H19N5O. The fraction of sp³-hybridized carbons (Fsp3) is 0.615. The molecule has 1 unspecified atom stereocenters. The minimum Gasteiger partial charge on any atom is -0.391 e. The molecule has 102 valence electrons. The summed E-state index contributed by atoms with van der Waals surface area (Å²) in [6.45, 7) is 7.69. The van der Waals surface area contributed by atoms with Crippen molar-refractivity contribution in [3.8, 4) is 0 Å². The quantitative estimate of drug-likeness (QED) is 0.807. The number of nitrogens with one attached hydrogen (secondary N) is 1. The maximum atomic E-state index is 9.70. The minimum absolute atomic E-state index is 0.119. The van der Waals surface area contributed by atoms with Gasteiger partial charge in [0, 0.05) is 18.5 Å². The first kappa shape index (κ1) is 12.3. The van der Waals surface area contributed by atoms with Gasteiger partial charge in [0.1, 0.15) is 11.3 Å². The van der Waals surface area contributed by atoms with Gasteiger partial charge >= 0.3 is 0 Å². The molecule has 6 nitrogen and oxygen atoms in total. The van der Waals surface area contributed by atoms with Crippen molar-refractivity contribution in [1.29, 1.82) is 0 Å². The number of β-amino-alcohol motifs (C(OH)–C–C–N with tert-alkyl or cyclic N) is 1. The highest BCUT2D eigenvalue weighted by Crippen LogP contribution is 2.28. The zero-order valence-corrected chi connectivity index (χ0v) is 11.5.